The molecule has 100 valence electrons. The van der Waals surface area contributed by atoms with Crippen LogP contribution in [0.5, 0.6) is 0 Å². The minimum absolute atomic E-state index is 0.215. The highest BCUT2D eigenvalue weighted by molar-refractivity contribution is 9.10. The van der Waals surface area contributed by atoms with E-state index < -0.39 is 11.4 Å². The summed E-state index contributed by atoms with van der Waals surface area (Å²) in [4.78, 5) is 22.9. The highest BCUT2D eigenvalue weighted by atomic mass is 79.9. The molecule has 2 heterocycles. The Morgan fingerprint density at radius 1 is 1.42 bits per heavy atom. The Bertz CT molecular complexity index is 711. The van der Waals surface area contributed by atoms with Crippen molar-refractivity contribution in [2.75, 3.05) is 0 Å². The quantitative estimate of drug-likeness (QED) is 0.914. The van der Waals surface area contributed by atoms with Crippen LogP contribution in [0, 0.1) is 20.8 Å². The van der Waals surface area contributed by atoms with E-state index in [9.17, 15) is 9.59 Å². The lowest BCUT2D eigenvalue weighted by molar-refractivity contribution is 0.0694. The summed E-state index contributed by atoms with van der Waals surface area (Å²) in [5.41, 5.74) is 0.989. The van der Waals surface area contributed by atoms with Crippen LogP contribution in [-0.2, 0) is 0 Å². The van der Waals surface area contributed by atoms with Crippen LogP contribution in [0.2, 0.25) is 0 Å². The molecule has 0 aromatic carbocycles. The smallest absolute Gasteiger partial charge is 0.341 e. The third-order valence-electron chi connectivity index (χ3n) is 2.85. The zero-order chi connectivity index (χ0) is 14.3. The molecule has 1 N–H and O–H groups in total. The van der Waals surface area contributed by atoms with Crippen molar-refractivity contribution >= 4 is 21.9 Å². The number of carboxylic acids is 1. The summed E-state index contributed by atoms with van der Waals surface area (Å²) < 4.78 is 6.87. The van der Waals surface area contributed by atoms with Gasteiger partial charge in [0.1, 0.15) is 16.9 Å². The number of aromatic nitrogens is 2. The molecule has 0 aliphatic rings. The first-order chi connectivity index (χ1) is 8.84. The molecule has 0 amide bonds. The summed E-state index contributed by atoms with van der Waals surface area (Å²) in [5, 5.41) is 12.9. The van der Waals surface area contributed by atoms with Crippen LogP contribution >= 0.6 is 15.9 Å². The molecule has 19 heavy (non-hydrogen) atoms. The summed E-state index contributed by atoms with van der Waals surface area (Å²) in [7, 11) is 0. The molecule has 2 rings (SSSR count). The van der Waals surface area contributed by atoms with Crippen LogP contribution in [0.4, 0.5) is 0 Å². The maximum Gasteiger partial charge on any atom is 0.341 e. The van der Waals surface area contributed by atoms with Gasteiger partial charge in [-0.3, -0.25) is 4.79 Å². The molecule has 0 atom stereocenters. The van der Waals surface area contributed by atoms with Crippen molar-refractivity contribution < 1.29 is 14.4 Å². The number of nitrogens with zero attached hydrogens (tertiary/aromatic N) is 2. The zero-order valence-corrected chi connectivity index (χ0v) is 12.1. The molecule has 0 saturated carbocycles. The number of hydrogen-bond acceptors (Lipinski definition) is 4. The number of pyridine rings is 1. The highest BCUT2D eigenvalue weighted by Crippen LogP contribution is 2.23. The van der Waals surface area contributed by atoms with Gasteiger partial charge >= 0.3 is 5.97 Å². The third-order valence-corrected chi connectivity index (χ3v) is 3.78. The van der Waals surface area contributed by atoms with Crippen molar-refractivity contribution in [1.29, 1.82) is 0 Å². The fraction of sp³-hybridized carbons (Fsp3) is 0.250. The average Bonchev–Trinajstić information content (AvgIpc) is 2.67. The Morgan fingerprint density at radius 3 is 2.53 bits per heavy atom. The molecule has 0 spiro atoms. The molecule has 2 aromatic rings. The molecule has 0 radical (unpaired) electrons. The van der Waals surface area contributed by atoms with Crippen molar-refractivity contribution in [2.24, 2.45) is 0 Å². The van der Waals surface area contributed by atoms with Crippen LogP contribution in [0.3, 0.4) is 0 Å². The molecular formula is C12H11BrN2O4. The van der Waals surface area contributed by atoms with Gasteiger partial charge in [0.15, 0.2) is 5.76 Å². The van der Waals surface area contributed by atoms with Crippen LogP contribution in [0.1, 0.15) is 27.5 Å². The van der Waals surface area contributed by atoms with Crippen molar-refractivity contribution in [1.82, 2.24) is 9.72 Å². The maximum atomic E-state index is 11.8. The number of rotatable bonds is 2. The van der Waals surface area contributed by atoms with Gasteiger partial charge in [0.25, 0.3) is 0 Å². The van der Waals surface area contributed by atoms with Gasteiger partial charge in [0, 0.05) is 11.9 Å². The van der Waals surface area contributed by atoms with E-state index in [0.717, 1.165) is 0 Å². The number of carbonyl (C=O) groups is 1. The van der Waals surface area contributed by atoms with Crippen LogP contribution in [0.25, 0.3) is 5.69 Å². The molecule has 0 fully saturated rings. The van der Waals surface area contributed by atoms with Crippen molar-refractivity contribution in [3.8, 4) is 5.69 Å². The van der Waals surface area contributed by atoms with Gasteiger partial charge in [-0.15, -0.1) is 0 Å². The van der Waals surface area contributed by atoms with E-state index in [1.54, 1.807) is 25.3 Å². The molecule has 0 aliphatic heterocycles. The molecule has 0 aliphatic carbocycles. The summed E-state index contributed by atoms with van der Waals surface area (Å²) in [6, 6.07) is 0. The normalized spacial score (nSPS) is 10.7. The van der Waals surface area contributed by atoms with E-state index in [-0.39, 0.29) is 10.0 Å². The van der Waals surface area contributed by atoms with Gasteiger partial charge < -0.3 is 14.2 Å². The standard InChI is InChI=1S/C12H11BrN2O4/c1-5-10(7(3)19-14-5)15-4-8(12(17)18)11(16)9(13)6(15)2/h4H,1-3H3,(H,17,18). The number of hydrogen-bond donors (Lipinski definition) is 1. The Kier molecular flexibility index (Phi) is 3.32. The number of carboxylic acid groups (broad SMARTS) is 1. The first kappa shape index (κ1) is 13.5. The molecule has 0 unspecified atom stereocenters. The number of aryl methyl sites for hydroxylation is 2. The van der Waals surface area contributed by atoms with Gasteiger partial charge in [0.05, 0.1) is 4.47 Å². The van der Waals surface area contributed by atoms with Crippen LogP contribution < -0.4 is 5.43 Å². The molecule has 6 nitrogen and oxygen atoms in total. The second-order valence-corrected chi connectivity index (χ2v) is 4.91. The van der Waals surface area contributed by atoms with E-state index in [0.29, 0.717) is 22.8 Å². The fourth-order valence-corrected chi connectivity index (χ4v) is 2.28. The van der Waals surface area contributed by atoms with Gasteiger partial charge in [-0.05, 0) is 36.7 Å². The first-order valence-electron chi connectivity index (χ1n) is 5.43. The summed E-state index contributed by atoms with van der Waals surface area (Å²) in [6.45, 7) is 5.18. The van der Waals surface area contributed by atoms with Crippen molar-refractivity contribution in [3.63, 3.8) is 0 Å². The van der Waals surface area contributed by atoms with Crippen LogP contribution in [-0.4, -0.2) is 20.8 Å². The molecule has 0 saturated heterocycles. The largest absolute Gasteiger partial charge is 0.477 e. The van der Waals surface area contributed by atoms with Gasteiger partial charge in [-0.2, -0.15) is 0 Å². The van der Waals surface area contributed by atoms with Gasteiger partial charge in [-0.25, -0.2) is 4.79 Å². The lowest BCUT2D eigenvalue weighted by Crippen LogP contribution is -2.20. The Labute approximate surface area is 116 Å². The number of halogens is 1. The number of aromatic carboxylic acids is 1. The Balaban J connectivity index is 2.86. The average molecular weight is 327 g/mol. The third kappa shape index (κ3) is 2.10. The van der Waals surface area contributed by atoms with Crippen LogP contribution in [0.15, 0.2) is 20.0 Å². The summed E-state index contributed by atoms with van der Waals surface area (Å²) >= 11 is 3.14. The van der Waals surface area contributed by atoms with Gasteiger partial charge in [-0.1, -0.05) is 5.16 Å². The van der Waals surface area contributed by atoms with E-state index in [1.165, 1.54) is 6.20 Å². The van der Waals surface area contributed by atoms with Gasteiger partial charge in [0.2, 0.25) is 5.43 Å². The van der Waals surface area contributed by atoms with Crippen molar-refractivity contribution in [3.05, 3.63) is 43.6 Å². The summed E-state index contributed by atoms with van der Waals surface area (Å²) in [6.07, 6.45) is 1.29. The Hall–Kier alpha value is -1.89. The predicted octanol–water partition coefficient (Wildman–Crippen LogP) is 2.21. The predicted molar refractivity (Wildman–Crippen MR) is 71.0 cm³/mol. The minimum atomic E-state index is -1.27. The molecular weight excluding hydrogens is 316 g/mol. The van der Waals surface area contributed by atoms with E-state index in [2.05, 4.69) is 21.1 Å². The van der Waals surface area contributed by atoms with E-state index in [4.69, 9.17) is 9.63 Å². The topological polar surface area (TPSA) is 85.3 Å². The minimum Gasteiger partial charge on any atom is -0.477 e. The lowest BCUT2D eigenvalue weighted by atomic mass is 10.2. The first-order valence-corrected chi connectivity index (χ1v) is 6.22. The molecule has 2 aromatic heterocycles. The molecule has 0 bridgehead atoms. The van der Waals surface area contributed by atoms with E-state index in [1.807, 2.05) is 0 Å². The monoisotopic (exact) mass is 326 g/mol. The second kappa shape index (κ2) is 4.65. The maximum absolute atomic E-state index is 11.8. The second-order valence-electron chi connectivity index (χ2n) is 4.12. The highest BCUT2D eigenvalue weighted by Gasteiger charge is 2.20. The molecule has 7 heteroatoms. The summed E-state index contributed by atoms with van der Waals surface area (Å²) in [5.74, 6) is -0.723. The van der Waals surface area contributed by atoms with Crippen molar-refractivity contribution in [2.45, 2.75) is 20.8 Å². The Morgan fingerprint density at radius 2 is 2.05 bits per heavy atom. The fourth-order valence-electron chi connectivity index (χ4n) is 1.88. The van der Waals surface area contributed by atoms with E-state index >= 15 is 0 Å². The lowest BCUT2D eigenvalue weighted by Gasteiger charge is -2.12. The zero-order valence-electron chi connectivity index (χ0n) is 10.5. The SMILES string of the molecule is Cc1noc(C)c1-n1cc(C(=O)O)c(=O)c(Br)c1C.